The van der Waals surface area contributed by atoms with E-state index in [2.05, 4.69) is 12.2 Å². The third kappa shape index (κ3) is 4.49. The van der Waals surface area contributed by atoms with Crippen LogP contribution in [0.25, 0.3) is 0 Å². The normalized spacial score (nSPS) is 12.2. The molecule has 0 heterocycles. The van der Waals surface area contributed by atoms with E-state index in [0.717, 1.165) is 36.1 Å². The summed E-state index contributed by atoms with van der Waals surface area (Å²) in [4.78, 5) is 12.0. The van der Waals surface area contributed by atoms with Gasteiger partial charge in [-0.05, 0) is 50.8 Å². The van der Waals surface area contributed by atoms with Crippen LogP contribution in [0.5, 0.6) is 0 Å². The van der Waals surface area contributed by atoms with Crippen molar-refractivity contribution in [2.24, 2.45) is 11.7 Å². The van der Waals surface area contributed by atoms with Gasteiger partial charge < -0.3 is 11.1 Å². The van der Waals surface area contributed by atoms with Crippen LogP contribution in [0.1, 0.15) is 41.3 Å². The Bertz CT molecular complexity index is 401. The van der Waals surface area contributed by atoms with Crippen molar-refractivity contribution in [3.8, 4) is 0 Å². The lowest BCUT2D eigenvalue weighted by Gasteiger charge is -2.10. The number of carbonyl (C=O) groups is 1. The third-order valence-corrected chi connectivity index (χ3v) is 3.20. The second-order valence-corrected chi connectivity index (χ2v) is 5.06. The standard InChI is InChI=1S/C15H24N2O/c1-11-6-7-13(3)14(9-11)15(18)17-8-4-5-12(2)10-16/h6-7,9,12H,4-5,8,10,16H2,1-3H3,(H,17,18). The topological polar surface area (TPSA) is 55.1 Å². The molecule has 0 saturated carbocycles. The summed E-state index contributed by atoms with van der Waals surface area (Å²) in [5, 5.41) is 2.97. The molecule has 1 atom stereocenters. The van der Waals surface area contributed by atoms with Crippen LogP contribution in [0, 0.1) is 19.8 Å². The summed E-state index contributed by atoms with van der Waals surface area (Å²) in [5.74, 6) is 0.555. The number of hydrogen-bond donors (Lipinski definition) is 2. The molecule has 3 N–H and O–H groups in total. The van der Waals surface area contributed by atoms with E-state index in [1.165, 1.54) is 0 Å². The number of aryl methyl sites for hydroxylation is 2. The molecular weight excluding hydrogens is 224 g/mol. The lowest BCUT2D eigenvalue weighted by Crippen LogP contribution is -2.26. The van der Waals surface area contributed by atoms with Gasteiger partial charge in [-0.25, -0.2) is 0 Å². The Labute approximate surface area is 110 Å². The van der Waals surface area contributed by atoms with Crippen LogP contribution in [-0.4, -0.2) is 19.0 Å². The minimum Gasteiger partial charge on any atom is -0.352 e. The van der Waals surface area contributed by atoms with Crippen molar-refractivity contribution in [1.29, 1.82) is 0 Å². The number of amides is 1. The smallest absolute Gasteiger partial charge is 0.251 e. The molecule has 0 spiro atoms. The zero-order chi connectivity index (χ0) is 13.5. The van der Waals surface area contributed by atoms with E-state index in [1.807, 2.05) is 32.0 Å². The molecule has 1 amide bonds. The highest BCUT2D eigenvalue weighted by atomic mass is 16.1. The zero-order valence-corrected chi connectivity index (χ0v) is 11.6. The van der Waals surface area contributed by atoms with E-state index in [4.69, 9.17) is 5.73 Å². The van der Waals surface area contributed by atoms with Gasteiger partial charge in [0, 0.05) is 12.1 Å². The molecule has 0 aromatic heterocycles. The van der Waals surface area contributed by atoms with Crippen LogP contribution >= 0.6 is 0 Å². The van der Waals surface area contributed by atoms with Crippen molar-refractivity contribution in [2.45, 2.75) is 33.6 Å². The molecule has 3 nitrogen and oxygen atoms in total. The molecule has 0 bridgehead atoms. The van der Waals surface area contributed by atoms with E-state index >= 15 is 0 Å². The van der Waals surface area contributed by atoms with Crippen molar-refractivity contribution in [3.63, 3.8) is 0 Å². The summed E-state index contributed by atoms with van der Waals surface area (Å²) in [6, 6.07) is 5.95. The highest BCUT2D eigenvalue weighted by Crippen LogP contribution is 2.10. The van der Waals surface area contributed by atoms with Crippen LogP contribution in [0.2, 0.25) is 0 Å². The Kier molecular flexibility index (Phi) is 5.86. The summed E-state index contributed by atoms with van der Waals surface area (Å²) in [6.45, 7) is 7.53. The third-order valence-electron chi connectivity index (χ3n) is 3.20. The number of benzene rings is 1. The molecule has 3 heteroatoms. The lowest BCUT2D eigenvalue weighted by molar-refractivity contribution is 0.0952. The number of nitrogens with one attached hydrogen (secondary N) is 1. The first-order chi connectivity index (χ1) is 8.54. The molecule has 1 unspecified atom stereocenters. The SMILES string of the molecule is Cc1ccc(C)c(C(=O)NCCCC(C)CN)c1. The number of nitrogens with two attached hydrogens (primary N) is 1. The molecule has 0 aliphatic rings. The van der Waals surface area contributed by atoms with Gasteiger partial charge in [0.25, 0.3) is 5.91 Å². The fraction of sp³-hybridized carbons (Fsp3) is 0.533. The van der Waals surface area contributed by atoms with Gasteiger partial charge in [0.2, 0.25) is 0 Å². The van der Waals surface area contributed by atoms with Crippen molar-refractivity contribution in [3.05, 3.63) is 34.9 Å². The summed E-state index contributed by atoms with van der Waals surface area (Å²) in [6.07, 6.45) is 2.04. The van der Waals surface area contributed by atoms with E-state index in [9.17, 15) is 4.79 Å². The number of hydrogen-bond acceptors (Lipinski definition) is 2. The number of rotatable bonds is 6. The van der Waals surface area contributed by atoms with Crippen molar-refractivity contribution >= 4 is 5.91 Å². The Balaban J connectivity index is 2.43. The highest BCUT2D eigenvalue weighted by molar-refractivity contribution is 5.95. The van der Waals surface area contributed by atoms with Gasteiger partial charge in [-0.2, -0.15) is 0 Å². The summed E-state index contributed by atoms with van der Waals surface area (Å²) < 4.78 is 0. The molecule has 0 saturated heterocycles. The lowest BCUT2D eigenvalue weighted by atomic mass is 10.0. The average Bonchev–Trinajstić information content (AvgIpc) is 2.36. The Hall–Kier alpha value is -1.35. The fourth-order valence-electron chi connectivity index (χ4n) is 1.85. The maximum absolute atomic E-state index is 12.0. The Morgan fingerprint density at radius 2 is 2.11 bits per heavy atom. The predicted octanol–water partition coefficient (Wildman–Crippen LogP) is 2.41. The van der Waals surface area contributed by atoms with E-state index < -0.39 is 0 Å². The molecule has 100 valence electrons. The van der Waals surface area contributed by atoms with Crippen molar-refractivity contribution < 1.29 is 4.79 Å². The van der Waals surface area contributed by atoms with Crippen molar-refractivity contribution in [2.75, 3.05) is 13.1 Å². The predicted molar refractivity (Wildman–Crippen MR) is 75.7 cm³/mol. The molecule has 0 radical (unpaired) electrons. The first kappa shape index (κ1) is 14.7. The molecular formula is C15H24N2O. The first-order valence-electron chi connectivity index (χ1n) is 6.60. The maximum atomic E-state index is 12.0. The molecule has 0 aliphatic heterocycles. The molecule has 1 aromatic rings. The fourth-order valence-corrected chi connectivity index (χ4v) is 1.85. The summed E-state index contributed by atoms with van der Waals surface area (Å²) in [7, 11) is 0. The maximum Gasteiger partial charge on any atom is 0.251 e. The number of carbonyl (C=O) groups excluding carboxylic acids is 1. The van der Waals surface area contributed by atoms with Gasteiger partial charge in [-0.3, -0.25) is 4.79 Å². The van der Waals surface area contributed by atoms with E-state index in [-0.39, 0.29) is 5.91 Å². The minimum absolute atomic E-state index is 0.0246. The van der Waals surface area contributed by atoms with Gasteiger partial charge in [0.05, 0.1) is 0 Å². The van der Waals surface area contributed by atoms with E-state index in [1.54, 1.807) is 0 Å². The van der Waals surface area contributed by atoms with Gasteiger partial charge in [-0.15, -0.1) is 0 Å². The van der Waals surface area contributed by atoms with E-state index in [0.29, 0.717) is 12.5 Å². The summed E-state index contributed by atoms with van der Waals surface area (Å²) in [5.41, 5.74) is 8.47. The van der Waals surface area contributed by atoms with Crippen molar-refractivity contribution in [1.82, 2.24) is 5.32 Å². The van der Waals surface area contributed by atoms with Gasteiger partial charge >= 0.3 is 0 Å². The van der Waals surface area contributed by atoms with Crippen LogP contribution in [-0.2, 0) is 0 Å². The van der Waals surface area contributed by atoms with Crippen LogP contribution < -0.4 is 11.1 Å². The molecule has 0 aliphatic carbocycles. The quantitative estimate of drug-likeness (QED) is 0.760. The second kappa shape index (κ2) is 7.17. The first-order valence-corrected chi connectivity index (χ1v) is 6.60. The van der Waals surface area contributed by atoms with Crippen LogP contribution in [0.15, 0.2) is 18.2 Å². The second-order valence-electron chi connectivity index (χ2n) is 5.06. The van der Waals surface area contributed by atoms with Gasteiger partial charge in [-0.1, -0.05) is 24.6 Å². The minimum atomic E-state index is 0.0246. The zero-order valence-electron chi connectivity index (χ0n) is 11.6. The average molecular weight is 248 g/mol. The monoisotopic (exact) mass is 248 g/mol. The Morgan fingerprint density at radius 3 is 2.78 bits per heavy atom. The van der Waals surface area contributed by atoms with Crippen LogP contribution in [0.4, 0.5) is 0 Å². The van der Waals surface area contributed by atoms with Gasteiger partial charge in [0.15, 0.2) is 0 Å². The Morgan fingerprint density at radius 1 is 1.39 bits per heavy atom. The molecule has 0 fully saturated rings. The largest absolute Gasteiger partial charge is 0.352 e. The molecule has 1 aromatic carbocycles. The van der Waals surface area contributed by atoms with Gasteiger partial charge in [0.1, 0.15) is 0 Å². The molecule has 1 rings (SSSR count). The summed E-state index contributed by atoms with van der Waals surface area (Å²) >= 11 is 0. The highest BCUT2D eigenvalue weighted by Gasteiger charge is 2.08. The van der Waals surface area contributed by atoms with Crippen LogP contribution in [0.3, 0.4) is 0 Å². The molecule has 18 heavy (non-hydrogen) atoms.